The summed E-state index contributed by atoms with van der Waals surface area (Å²) in [6.45, 7) is 17.8. The molecule has 5 heteroatoms. The zero-order chi connectivity index (χ0) is 49.7. The molecular formula is C68H55N3O2. The number of nitrogens with zero attached hydrogens (tertiary/aromatic N) is 3. The van der Waals surface area contributed by atoms with Gasteiger partial charge in [-0.25, -0.2) is 0 Å². The van der Waals surface area contributed by atoms with Gasteiger partial charge in [0, 0.05) is 77.0 Å². The van der Waals surface area contributed by atoms with E-state index in [-0.39, 0.29) is 10.8 Å². The predicted molar refractivity (Wildman–Crippen MR) is 309 cm³/mol. The molecule has 4 heterocycles. The average molecular weight is 946 g/mol. The molecule has 0 unspecified atom stereocenters. The lowest BCUT2D eigenvalue weighted by atomic mass is 9.86. The molecular weight excluding hydrogens is 891 g/mol. The monoisotopic (exact) mass is 945 g/mol. The Bertz CT molecular complexity index is 4330. The first-order valence-corrected chi connectivity index (χ1v) is 25.6. The van der Waals surface area contributed by atoms with E-state index in [0.29, 0.717) is 0 Å². The average Bonchev–Trinajstić information content (AvgIpc) is 4.14. The van der Waals surface area contributed by atoms with Crippen molar-refractivity contribution >= 4 is 127 Å². The molecule has 0 radical (unpaired) electrons. The lowest BCUT2D eigenvalue weighted by Crippen LogP contribution is -2.11. The highest BCUT2D eigenvalue weighted by molar-refractivity contribution is 6.32. The van der Waals surface area contributed by atoms with Crippen LogP contribution in [0.15, 0.2) is 197 Å². The van der Waals surface area contributed by atoms with Crippen LogP contribution < -0.4 is 9.80 Å². The van der Waals surface area contributed by atoms with Gasteiger partial charge >= 0.3 is 0 Å². The maximum atomic E-state index is 7.05. The van der Waals surface area contributed by atoms with Crippen molar-refractivity contribution in [2.75, 3.05) is 9.80 Å². The Hall–Kier alpha value is -8.54. The molecule has 0 bridgehead atoms. The number of para-hydroxylation sites is 5. The molecule has 4 aromatic heterocycles. The molecule has 0 spiro atoms. The highest BCUT2D eigenvalue weighted by Gasteiger charge is 2.28. The van der Waals surface area contributed by atoms with Gasteiger partial charge in [-0.2, -0.15) is 0 Å². The van der Waals surface area contributed by atoms with Gasteiger partial charge in [0.05, 0.1) is 27.9 Å². The molecule has 0 saturated heterocycles. The second kappa shape index (κ2) is 15.5. The third-order valence-electron chi connectivity index (χ3n) is 15.5. The predicted octanol–water partition coefficient (Wildman–Crippen LogP) is 19.9. The number of anilines is 6. The van der Waals surface area contributed by atoms with Gasteiger partial charge in [-0.05, 0) is 108 Å². The Morgan fingerprint density at radius 3 is 1.37 bits per heavy atom. The summed E-state index contributed by atoms with van der Waals surface area (Å²) in [6, 6.07) is 69.3. The van der Waals surface area contributed by atoms with Crippen molar-refractivity contribution in [3.8, 4) is 0 Å². The van der Waals surface area contributed by atoms with E-state index in [1.54, 1.807) is 0 Å². The first-order chi connectivity index (χ1) is 35.3. The second-order valence-electron chi connectivity index (χ2n) is 22.3. The molecule has 0 fully saturated rings. The summed E-state index contributed by atoms with van der Waals surface area (Å²) in [4.78, 5) is 4.76. The Kier molecular flexibility index (Phi) is 9.18. The first kappa shape index (κ1) is 43.3. The van der Waals surface area contributed by atoms with Gasteiger partial charge in [-0.1, -0.05) is 168 Å². The second-order valence-corrected chi connectivity index (χ2v) is 22.3. The quantitative estimate of drug-likeness (QED) is 0.166. The molecule has 73 heavy (non-hydrogen) atoms. The van der Waals surface area contributed by atoms with Gasteiger partial charge in [0.25, 0.3) is 0 Å². The molecule has 14 aromatic rings. The fourth-order valence-electron chi connectivity index (χ4n) is 11.9. The maximum Gasteiger partial charge on any atom is 0.159 e. The van der Waals surface area contributed by atoms with Crippen LogP contribution >= 0.6 is 0 Å². The Balaban J connectivity index is 1.00. The van der Waals surface area contributed by atoms with Crippen LogP contribution in [0.4, 0.5) is 34.1 Å². The van der Waals surface area contributed by atoms with Gasteiger partial charge in [0.2, 0.25) is 0 Å². The van der Waals surface area contributed by atoms with E-state index in [1.165, 1.54) is 65.6 Å². The van der Waals surface area contributed by atoms with Crippen molar-refractivity contribution < 1.29 is 8.83 Å². The van der Waals surface area contributed by atoms with Crippen LogP contribution in [0, 0.1) is 13.8 Å². The van der Waals surface area contributed by atoms with Crippen molar-refractivity contribution in [3.05, 3.63) is 210 Å². The van der Waals surface area contributed by atoms with Gasteiger partial charge < -0.3 is 23.0 Å². The molecule has 14 rings (SSSR count). The Morgan fingerprint density at radius 2 is 0.822 bits per heavy atom. The minimum atomic E-state index is -0.0855. The van der Waals surface area contributed by atoms with Crippen molar-refractivity contribution in [1.82, 2.24) is 4.40 Å². The molecule has 0 saturated carbocycles. The number of aryl methyl sites for hydroxylation is 2. The van der Waals surface area contributed by atoms with Crippen molar-refractivity contribution in [2.24, 2.45) is 0 Å². The maximum absolute atomic E-state index is 7.05. The fourth-order valence-corrected chi connectivity index (χ4v) is 11.9. The largest absolute Gasteiger partial charge is 0.454 e. The minimum absolute atomic E-state index is 0.0851. The van der Waals surface area contributed by atoms with E-state index in [2.05, 4.69) is 258 Å². The number of furan rings is 2. The molecule has 0 atom stereocenters. The van der Waals surface area contributed by atoms with Crippen LogP contribution in [-0.2, 0) is 10.8 Å². The molecule has 0 aliphatic heterocycles. The molecule has 10 aromatic carbocycles. The number of hydrogen-bond acceptors (Lipinski definition) is 4. The molecule has 0 amide bonds. The third-order valence-corrected chi connectivity index (χ3v) is 15.5. The molecule has 354 valence electrons. The minimum Gasteiger partial charge on any atom is -0.454 e. The highest BCUT2D eigenvalue weighted by Crippen LogP contribution is 2.50. The summed E-state index contributed by atoms with van der Waals surface area (Å²) < 4.78 is 16.6. The third kappa shape index (κ3) is 6.47. The number of hydrogen-bond donors (Lipinski definition) is 0. The molecule has 0 aliphatic carbocycles. The lowest BCUT2D eigenvalue weighted by Gasteiger charge is -2.26. The van der Waals surface area contributed by atoms with Crippen LogP contribution in [0.2, 0.25) is 0 Å². The van der Waals surface area contributed by atoms with Crippen LogP contribution in [-0.4, -0.2) is 4.40 Å². The summed E-state index contributed by atoms with van der Waals surface area (Å²) in [7, 11) is 0. The van der Waals surface area contributed by atoms with E-state index in [0.717, 1.165) is 83.5 Å². The normalized spacial score (nSPS) is 12.7. The van der Waals surface area contributed by atoms with E-state index < -0.39 is 0 Å². The summed E-state index contributed by atoms with van der Waals surface area (Å²) >= 11 is 0. The Morgan fingerprint density at radius 1 is 0.356 bits per heavy atom. The number of fused-ring (bicyclic) bond motifs is 14. The van der Waals surface area contributed by atoms with Crippen molar-refractivity contribution in [2.45, 2.75) is 66.2 Å². The topological polar surface area (TPSA) is 37.2 Å². The van der Waals surface area contributed by atoms with E-state index in [9.17, 15) is 0 Å². The lowest BCUT2D eigenvalue weighted by molar-refractivity contribution is 0.572. The standard InChI is InChI=1S/C68H55N3O2/c1-40-25-30-43(31-26-40)69(58-23-13-18-50-48-16-11-20-55(67(3,4)5)63(48)72-65(50)58)45-34-29-42-37-54-47-36-35-46(39-60(47)71-57-22-10-9-15-52(57)61(62(54)71)53(42)38-45)70(44-32-27-41(2)28-33-44)59-24-14-19-51-49-17-12-21-56(68(6,7)8)64(49)73-66(51)59/h9-39H,1-8H3. The van der Waals surface area contributed by atoms with E-state index in [1.807, 2.05) is 0 Å². The zero-order valence-corrected chi connectivity index (χ0v) is 42.6. The smallest absolute Gasteiger partial charge is 0.159 e. The summed E-state index contributed by atoms with van der Waals surface area (Å²) in [6.07, 6.45) is 0. The first-order valence-electron chi connectivity index (χ1n) is 25.6. The van der Waals surface area contributed by atoms with Gasteiger partial charge in [0.1, 0.15) is 11.2 Å². The van der Waals surface area contributed by atoms with E-state index >= 15 is 0 Å². The number of aromatic nitrogens is 1. The Labute approximate surface area is 424 Å². The number of rotatable bonds is 6. The van der Waals surface area contributed by atoms with Crippen LogP contribution in [0.5, 0.6) is 0 Å². The highest BCUT2D eigenvalue weighted by atomic mass is 16.3. The van der Waals surface area contributed by atoms with Crippen LogP contribution in [0.1, 0.15) is 63.8 Å². The SMILES string of the molecule is Cc1ccc(N(c2ccc3cc4c5ccc(N(c6ccc(C)cc6)c6cccc7c6oc6c(C(C)(C)C)cccc67)cc5n5c6ccccc6c(c3c2)c45)c2cccc3c2oc2c(C(C)(C)C)cccc23)cc1. The molecule has 0 N–H and O–H groups in total. The van der Waals surface area contributed by atoms with E-state index in [4.69, 9.17) is 8.83 Å². The number of benzene rings is 10. The summed E-state index contributed by atoms with van der Waals surface area (Å²) in [5.74, 6) is 0. The van der Waals surface area contributed by atoms with Gasteiger partial charge in [-0.3, -0.25) is 0 Å². The summed E-state index contributed by atoms with van der Waals surface area (Å²) in [5.41, 5.74) is 18.1. The van der Waals surface area contributed by atoms with Gasteiger partial charge in [0.15, 0.2) is 11.2 Å². The van der Waals surface area contributed by atoms with Crippen molar-refractivity contribution in [3.63, 3.8) is 0 Å². The summed E-state index contributed by atoms with van der Waals surface area (Å²) in [5, 5.41) is 11.8. The zero-order valence-electron chi connectivity index (χ0n) is 42.6. The van der Waals surface area contributed by atoms with Crippen molar-refractivity contribution in [1.29, 1.82) is 0 Å². The molecule has 0 aliphatic rings. The van der Waals surface area contributed by atoms with Crippen LogP contribution in [0.3, 0.4) is 0 Å². The molecule has 5 nitrogen and oxygen atoms in total. The van der Waals surface area contributed by atoms with Gasteiger partial charge in [-0.15, -0.1) is 0 Å². The fraction of sp³-hybridized carbons (Fsp3) is 0.147. The van der Waals surface area contributed by atoms with Crippen LogP contribution in [0.25, 0.3) is 92.7 Å².